The fourth-order valence-corrected chi connectivity index (χ4v) is 6.41. The number of hydrogen-bond acceptors (Lipinski definition) is 12. The van der Waals surface area contributed by atoms with E-state index in [9.17, 15) is 37.8 Å². The van der Waals surface area contributed by atoms with Crippen molar-refractivity contribution in [2.75, 3.05) is 19.0 Å². The summed E-state index contributed by atoms with van der Waals surface area (Å²) in [6.45, 7) is -1.36. The Kier molecular flexibility index (Phi) is 7.00. The Morgan fingerprint density at radius 3 is 2.53 bits per heavy atom. The molecule has 1 fully saturated rings. The number of aliphatic hydroxyl groups is 1. The van der Waals surface area contributed by atoms with E-state index < -0.39 is 66.2 Å². The number of aromatic nitrogens is 4. The van der Waals surface area contributed by atoms with E-state index in [2.05, 4.69) is 28.1 Å². The minimum absolute atomic E-state index is 0.130. The number of ether oxygens (including phenoxy) is 1. The molecule has 0 saturated carbocycles. The number of phosphoric ester groups is 1. The van der Waals surface area contributed by atoms with E-state index in [0.29, 0.717) is 0 Å². The predicted molar refractivity (Wildman–Crippen MR) is 106 cm³/mol. The number of nitrogens with two attached hydrogens (primary N) is 1. The molecular formula is C12H19FN5O13P3. The van der Waals surface area contributed by atoms with E-state index in [0.717, 1.165) is 10.9 Å². The summed E-state index contributed by atoms with van der Waals surface area (Å²) in [4.78, 5) is 57.8. The number of alkyl halides is 1. The van der Waals surface area contributed by atoms with Gasteiger partial charge in [-0.15, -0.1) is 0 Å². The van der Waals surface area contributed by atoms with Crippen LogP contribution in [0.25, 0.3) is 11.2 Å². The summed E-state index contributed by atoms with van der Waals surface area (Å²) in [6.07, 6.45) is -0.983. The van der Waals surface area contributed by atoms with Crippen LogP contribution >= 0.6 is 23.5 Å². The number of imidazole rings is 1. The molecule has 1 aliphatic rings. The summed E-state index contributed by atoms with van der Waals surface area (Å²) in [7, 11) is -17.0. The average molecular weight is 553 g/mol. The van der Waals surface area contributed by atoms with Crippen LogP contribution in [0.5, 0.6) is 0 Å². The molecule has 2 aromatic rings. The Bertz CT molecular complexity index is 1290. The van der Waals surface area contributed by atoms with Gasteiger partial charge in [-0.25, -0.2) is 23.1 Å². The maximum absolute atomic E-state index is 14.0. The van der Waals surface area contributed by atoms with Crippen molar-refractivity contribution in [1.29, 1.82) is 0 Å². The highest BCUT2D eigenvalue weighted by Gasteiger charge is 2.55. The van der Waals surface area contributed by atoms with Gasteiger partial charge in [-0.05, 0) is 6.92 Å². The fourth-order valence-electron chi connectivity index (χ4n) is 3.32. The van der Waals surface area contributed by atoms with Gasteiger partial charge in [0.05, 0.1) is 12.9 Å². The number of H-pyrrole nitrogens is 1. The monoisotopic (exact) mass is 553 g/mol. The number of rotatable bonds is 9. The van der Waals surface area contributed by atoms with Crippen molar-refractivity contribution < 1.29 is 60.6 Å². The van der Waals surface area contributed by atoms with Crippen LogP contribution in [0.1, 0.15) is 19.6 Å². The Labute approximate surface area is 187 Å². The van der Waals surface area contributed by atoms with Crippen LogP contribution in [0.2, 0.25) is 0 Å². The second-order valence-electron chi connectivity index (χ2n) is 7.46. The second-order valence-corrected chi connectivity index (χ2v) is 11.9. The number of halogens is 1. The highest BCUT2D eigenvalue weighted by Crippen LogP contribution is 2.66. The zero-order valence-corrected chi connectivity index (χ0v) is 19.6. The van der Waals surface area contributed by atoms with Crippen molar-refractivity contribution in [3.8, 4) is 0 Å². The lowest BCUT2D eigenvalue weighted by Gasteiger charge is -2.27. The Balaban J connectivity index is 1.83. The third-order valence-electron chi connectivity index (χ3n) is 4.43. The van der Waals surface area contributed by atoms with Crippen LogP contribution in [-0.2, 0) is 31.6 Å². The fraction of sp³-hybridized carbons (Fsp3) is 0.583. The molecule has 2 aromatic heterocycles. The van der Waals surface area contributed by atoms with Gasteiger partial charge in [-0.3, -0.25) is 18.9 Å². The molecule has 8 N–H and O–H groups in total. The van der Waals surface area contributed by atoms with Gasteiger partial charge in [0, 0.05) is 6.42 Å². The van der Waals surface area contributed by atoms with Crippen LogP contribution in [-0.4, -0.2) is 68.7 Å². The van der Waals surface area contributed by atoms with Gasteiger partial charge in [0.2, 0.25) is 5.95 Å². The summed E-state index contributed by atoms with van der Waals surface area (Å²) < 4.78 is 66.4. The molecule has 22 heteroatoms. The summed E-state index contributed by atoms with van der Waals surface area (Å²) in [5, 5.41) is 10.8. The zero-order valence-electron chi connectivity index (χ0n) is 16.9. The normalized spacial score (nSPS) is 29.2. The number of nitrogens with one attached hydrogen (secondary N) is 1. The predicted octanol–water partition coefficient (Wildman–Crippen LogP) is -0.577. The van der Waals surface area contributed by atoms with Crippen LogP contribution in [0.15, 0.2) is 11.1 Å². The van der Waals surface area contributed by atoms with E-state index in [1.54, 1.807) is 0 Å². The number of fused-ring (bicyclic) bond motifs is 1. The van der Waals surface area contributed by atoms with E-state index in [1.807, 2.05) is 0 Å². The number of hydrogen-bond donors (Lipinski definition) is 7. The molecule has 0 spiro atoms. The molecule has 1 saturated heterocycles. The Hall–Kier alpha value is -1.59. The first-order valence-electron chi connectivity index (χ1n) is 8.84. The van der Waals surface area contributed by atoms with Gasteiger partial charge >= 0.3 is 23.5 Å². The quantitative estimate of drug-likeness (QED) is 0.191. The number of anilines is 1. The molecule has 0 amide bonds. The van der Waals surface area contributed by atoms with E-state index in [1.165, 1.54) is 6.92 Å². The van der Waals surface area contributed by atoms with Crippen LogP contribution < -0.4 is 11.3 Å². The third kappa shape index (κ3) is 5.96. The van der Waals surface area contributed by atoms with Crippen molar-refractivity contribution in [1.82, 2.24) is 19.5 Å². The van der Waals surface area contributed by atoms with Crippen molar-refractivity contribution in [3.63, 3.8) is 0 Å². The molecule has 0 bridgehead atoms. The molecule has 5 unspecified atom stereocenters. The van der Waals surface area contributed by atoms with E-state index >= 15 is 0 Å². The van der Waals surface area contributed by atoms with Gasteiger partial charge in [0.25, 0.3) is 5.56 Å². The maximum Gasteiger partial charge on any atom is 0.490 e. The molecule has 0 aromatic carbocycles. The minimum Gasteiger partial charge on any atom is -0.385 e. The molecule has 1 aliphatic heterocycles. The number of phosphoric acid groups is 3. The lowest BCUT2D eigenvalue weighted by molar-refractivity contribution is -0.128. The molecule has 3 rings (SSSR count). The molecule has 3 heterocycles. The van der Waals surface area contributed by atoms with Crippen LogP contribution in [0.4, 0.5) is 10.3 Å². The largest absolute Gasteiger partial charge is 0.490 e. The van der Waals surface area contributed by atoms with Gasteiger partial charge in [0.1, 0.15) is 17.9 Å². The van der Waals surface area contributed by atoms with Crippen molar-refractivity contribution in [2.24, 2.45) is 0 Å². The maximum atomic E-state index is 14.0. The Morgan fingerprint density at radius 2 is 1.94 bits per heavy atom. The lowest BCUT2D eigenvalue weighted by Crippen LogP contribution is -2.38. The lowest BCUT2D eigenvalue weighted by atomic mass is 9.92. The van der Waals surface area contributed by atoms with Gasteiger partial charge in [-0.2, -0.15) is 13.6 Å². The smallest absolute Gasteiger partial charge is 0.385 e. The van der Waals surface area contributed by atoms with Gasteiger partial charge in [-0.1, -0.05) is 0 Å². The number of aromatic amines is 1. The van der Waals surface area contributed by atoms with Crippen molar-refractivity contribution in [2.45, 2.75) is 30.8 Å². The molecule has 0 radical (unpaired) electrons. The first-order valence-corrected chi connectivity index (χ1v) is 13.4. The van der Waals surface area contributed by atoms with Gasteiger partial charge < -0.3 is 35.2 Å². The summed E-state index contributed by atoms with van der Waals surface area (Å²) in [5.74, 6) is -0.290. The van der Waals surface area contributed by atoms with Crippen molar-refractivity contribution in [3.05, 3.63) is 16.7 Å². The standard InChI is InChI=1S/C12H19FN5O13P3/c1-11(20)2-12(3-13,4-28-33(24,25)31-34(26,27)30-32(21,22)23)29-9(11)18-5-15-6-7(18)16-10(14)17-8(6)19/h5,9,20H,2-4H2,1H3,(H,24,25)(H,26,27)(H2,21,22,23)(H3,14,16,17,19). The summed E-state index contributed by atoms with van der Waals surface area (Å²) >= 11 is 0. The van der Waals surface area contributed by atoms with E-state index in [4.69, 9.17) is 20.3 Å². The second kappa shape index (κ2) is 8.81. The number of nitrogens with zero attached hydrogens (tertiary/aromatic N) is 3. The average Bonchev–Trinajstić information content (AvgIpc) is 3.15. The molecule has 5 atom stereocenters. The topological polar surface area (TPSA) is 279 Å². The summed E-state index contributed by atoms with van der Waals surface area (Å²) in [5.41, 5.74) is 0.459. The summed E-state index contributed by atoms with van der Waals surface area (Å²) in [6, 6.07) is 0. The highest BCUT2D eigenvalue weighted by atomic mass is 31.3. The molecule has 34 heavy (non-hydrogen) atoms. The minimum atomic E-state index is -5.79. The van der Waals surface area contributed by atoms with Crippen molar-refractivity contribution >= 4 is 40.6 Å². The Morgan fingerprint density at radius 1 is 1.29 bits per heavy atom. The highest BCUT2D eigenvalue weighted by molar-refractivity contribution is 7.66. The zero-order chi connectivity index (χ0) is 25.7. The first-order chi connectivity index (χ1) is 15.4. The third-order valence-corrected chi connectivity index (χ3v) is 8.21. The SMILES string of the molecule is CC1(O)CC(CF)(COP(=O)(O)OP(=O)(O)OP(=O)(O)O)OC1n1cnc2c(=O)[nH]c(N)nc21. The van der Waals surface area contributed by atoms with Crippen LogP contribution in [0, 0.1) is 0 Å². The molecule has 0 aliphatic carbocycles. The molecule has 192 valence electrons. The molecular weight excluding hydrogens is 534 g/mol. The molecule has 18 nitrogen and oxygen atoms in total. The van der Waals surface area contributed by atoms with Gasteiger partial charge in [0.15, 0.2) is 17.4 Å². The number of nitrogen functional groups attached to an aromatic ring is 1. The van der Waals surface area contributed by atoms with Crippen LogP contribution in [0.3, 0.4) is 0 Å². The first kappa shape index (κ1) is 27.0. The van der Waals surface area contributed by atoms with E-state index in [-0.39, 0.29) is 17.1 Å².